The van der Waals surface area contributed by atoms with Gasteiger partial charge in [-0.25, -0.2) is 13.8 Å². The Morgan fingerprint density at radius 2 is 1.75 bits per heavy atom. The smallest absolute Gasteiger partial charge is 0.246 e. The van der Waals surface area contributed by atoms with E-state index in [0.717, 1.165) is 23.3 Å². The van der Waals surface area contributed by atoms with E-state index < -0.39 is 23.8 Å². The second-order valence-corrected chi connectivity index (χ2v) is 10.0. The third kappa shape index (κ3) is 9.23. The molecule has 0 aromatic heterocycles. The van der Waals surface area contributed by atoms with E-state index in [1.165, 1.54) is 29.3 Å². The summed E-state index contributed by atoms with van der Waals surface area (Å²) in [6.07, 6.45) is 2.63. The molecule has 4 rings (SSSR count). The summed E-state index contributed by atoms with van der Waals surface area (Å²) in [6.45, 7) is 12.1. The van der Waals surface area contributed by atoms with Crippen LogP contribution in [0.3, 0.4) is 0 Å². The molecule has 3 aromatic carbocycles. The van der Waals surface area contributed by atoms with Crippen LogP contribution in [-0.4, -0.2) is 63.6 Å². The van der Waals surface area contributed by atoms with E-state index in [4.69, 9.17) is 0 Å². The zero-order valence-electron chi connectivity index (χ0n) is 25.3. The minimum Gasteiger partial charge on any atom is -0.508 e. The minimum absolute atomic E-state index is 0.0759. The van der Waals surface area contributed by atoms with Crippen LogP contribution in [0.2, 0.25) is 0 Å². The van der Waals surface area contributed by atoms with Gasteiger partial charge in [0.15, 0.2) is 0 Å². The molecule has 0 spiro atoms. The molecular formula is C34H41F2N5O3. The lowest BCUT2D eigenvalue weighted by Crippen LogP contribution is -2.68. The highest BCUT2D eigenvalue weighted by atomic mass is 19.1. The number of hydrogen-bond acceptors (Lipinski definition) is 6. The van der Waals surface area contributed by atoms with Crippen LogP contribution in [0.4, 0.5) is 8.78 Å². The average molecular weight is 606 g/mol. The first-order chi connectivity index (χ1) is 21.3. The fraction of sp³-hybridized carbons (Fsp3) is 0.294. The predicted molar refractivity (Wildman–Crippen MR) is 168 cm³/mol. The average Bonchev–Trinajstić information content (AvgIpc) is 3.02. The van der Waals surface area contributed by atoms with Gasteiger partial charge in [-0.3, -0.25) is 14.9 Å². The number of piperazine rings is 1. The van der Waals surface area contributed by atoms with E-state index in [1.54, 1.807) is 28.1 Å². The van der Waals surface area contributed by atoms with E-state index in [9.17, 15) is 23.5 Å². The van der Waals surface area contributed by atoms with Gasteiger partial charge in [-0.05, 0) is 29.3 Å². The van der Waals surface area contributed by atoms with E-state index in [2.05, 4.69) is 23.9 Å². The molecular weight excluding hydrogens is 564 g/mol. The van der Waals surface area contributed by atoms with Crippen molar-refractivity contribution in [3.05, 3.63) is 127 Å². The Balaban J connectivity index is 0.00000259. The van der Waals surface area contributed by atoms with Crippen LogP contribution in [0.5, 0.6) is 5.75 Å². The zero-order valence-corrected chi connectivity index (χ0v) is 25.3. The summed E-state index contributed by atoms with van der Waals surface area (Å²) < 4.78 is 28.3. The van der Waals surface area contributed by atoms with Crippen LogP contribution in [0.25, 0.3) is 0 Å². The molecule has 1 aliphatic rings. The Kier molecular flexibility index (Phi) is 13.1. The lowest BCUT2D eigenvalue weighted by atomic mass is 9.98. The van der Waals surface area contributed by atoms with Crippen molar-refractivity contribution >= 4 is 11.8 Å². The molecule has 1 heterocycles. The molecule has 0 aliphatic carbocycles. The number of rotatable bonds is 13. The van der Waals surface area contributed by atoms with Crippen molar-refractivity contribution in [2.75, 3.05) is 19.6 Å². The van der Waals surface area contributed by atoms with Crippen LogP contribution in [-0.2, 0) is 29.1 Å². The Hall–Kier alpha value is -4.54. The zero-order chi connectivity index (χ0) is 32.1. The van der Waals surface area contributed by atoms with E-state index in [1.807, 2.05) is 44.2 Å². The maximum atomic E-state index is 14.7. The summed E-state index contributed by atoms with van der Waals surface area (Å²) >= 11 is 0. The molecule has 3 aromatic rings. The maximum absolute atomic E-state index is 14.7. The van der Waals surface area contributed by atoms with Gasteiger partial charge >= 0.3 is 0 Å². The normalized spacial score (nSPS) is 16.2. The van der Waals surface area contributed by atoms with Crippen LogP contribution >= 0.6 is 0 Å². The molecule has 1 fully saturated rings. The molecule has 1 saturated heterocycles. The van der Waals surface area contributed by atoms with Gasteiger partial charge in [-0.1, -0.05) is 75.0 Å². The molecule has 1 aliphatic heterocycles. The van der Waals surface area contributed by atoms with Gasteiger partial charge in [0.2, 0.25) is 11.8 Å². The number of carbonyl (C=O) groups excluding carboxylic acids is 2. The third-order valence-electron chi connectivity index (χ3n) is 7.03. The van der Waals surface area contributed by atoms with Gasteiger partial charge in [-0.15, -0.1) is 6.58 Å². The molecule has 0 radical (unpaired) electrons. The van der Waals surface area contributed by atoms with Crippen molar-refractivity contribution < 1.29 is 23.5 Å². The van der Waals surface area contributed by atoms with Gasteiger partial charge < -0.3 is 20.3 Å². The first-order valence-electron chi connectivity index (χ1n) is 14.6. The van der Waals surface area contributed by atoms with Gasteiger partial charge in [0.05, 0.1) is 13.1 Å². The summed E-state index contributed by atoms with van der Waals surface area (Å²) in [4.78, 5) is 31.1. The van der Waals surface area contributed by atoms with Crippen molar-refractivity contribution in [1.29, 1.82) is 0 Å². The molecule has 3 N–H and O–H groups in total. The minimum atomic E-state index is -0.943. The fourth-order valence-corrected chi connectivity index (χ4v) is 5.01. The number of nitrogens with zero attached hydrogens (tertiary/aromatic N) is 3. The number of aromatic hydroxyl groups is 1. The number of benzene rings is 3. The quantitative estimate of drug-likeness (QED) is 0.193. The van der Waals surface area contributed by atoms with Crippen LogP contribution in [0, 0.1) is 11.6 Å². The number of hydrogen-bond donors (Lipinski definition) is 3. The lowest BCUT2D eigenvalue weighted by Gasteiger charge is -2.47. The van der Waals surface area contributed by atoms with Crippen LogP contribution < -0.4 is 10.7 Å². The van der Waals surface area contributed by atoms with Crippen LogP contribution in [0.15, 0.2) is 98.2 Å². The largest absolute Gasteiger partial charge is 0.508 e. The van der Waals surface area contributed by atoms with Crippen molar-refractivity contribution in [2.24, 2.45) is 0 Å². The molecule has 44 heavy (non-hydrogen) atoms. The summed E-state index contributed by atoms with van der Waals surface area (Å²) in [5, 5.41) is 14.8. The Morgan fingerprint density at radius 3 is 2.39 bits per heavy atom. The number of carbonyl (C=O) groups is 2. The summed E-state index contributed by atoms with van der Waals surface area (Å²) in [5.41, 5.74) is 4.80. The molecule has 1 unspecified atom stereocenters. The van der Waals surface area contributed by atoms with Gasteiger partial charge in [0.25, 0.3) is 0 Å². The summed E-state index contributed by atoms with van der Waals surface area (Å²) in [5.74, 6) is -2.07. The molecule has 0 saturated carbocycles. The maximum Gasteiger partial charge on any atom is 0.246 e. The van der Waals surface area contributed by atoms with E-state index in [0.29, 0.717) is 13.1 Å². The predicted octanol–water partition coefficient (Wildman–Crippen LogP) is 4.73. The SMILES string of the molecule is C=CCN(CC(=O)N1C(NCc2ccccc2)CN(Cc2ccc(F)cc2F)C(=O)[C@@H]1Cc1ccc(O)cc1)NC=C.CC. The third-order valence-corrected chi connectivity index (χ3v) is 7.03. The standard InChI is InChI=1S/C32H35F2N5O3.C2H6/c1-3-16-38(36-4-2)22-31(41)39-29(17-23-10-14-27(40)15-11-23)32(42)37(20-25-12-13-26(33)18-28(25)34)21-30(39)35-19-24-8-6-5-7-9-24;1-2/h3-15,18,29-30,35-36,40H,1-2,16-17,19-22H2;1-2H3/t29-,30?;/m0./s1. The fourth-order valence-electron chi connectivity index (χ4n) is 5.01. The number of amides is 2. The van der Waals surface area contributed by atoms with Crippen molar-refractivity contribution in [3.8, 4) is 5.75 Å². The highest BCUT2D eigenvalue weighted by molar-refractivity contribution is 5.90. The molecule has 234 valence electrons. The highest BCUT2D eigenvalue weighted by Gasteiger charge is 2.43. The number of halogens is 2. The van der Waals surface area contributed by atoms with Crippen molar-refractivity contribution in [2.45, 2.75) is 45.6 Å². The molecule has 2 amide bonds. The monoisotopic (exact) mass is 605 g/mol. The van der Waals surface area contributed by atoms with Gasteiger partial charge in [0, 0.05) is 43.9 Å². The first kappa shape index (κ1) is 34.0. The van der Waals surface area contributed by atoms with E-state index in [-0.39, 0.29) is 49.2 Å². The van der Waals surface area contributed by atoms with Crippen molar-refractivity contribution in [3.63, 3.8) is 0 Å². The summed E-state index contributed by atoms with van der Waals surface area (Å²) in [6, 6.07) is 18.4. The van der Waals surface area contributed by atoms with Crippen LogP contribution in [0.1, 0.15) is 30.5 Å². The number of phenolic OH excluding ortho intramolecular Hbond substituents is 1. The van der Waals surface area contributed by atoms with Crippen molar-refractivity contribution in [1.82, 2.24) is 25.6 Å². The molecule has 8 nitrogen and oxygen atoms in total. The number of phenols is 1. The second-order valence-electron chi connectivity index (χ2n) is 10.0. The topological polar surface area (TPSA) is 88.2 Å². The molecule has 2 atom stereocenters. The lowest BCUT2D eigenvalue weighted by molar-refractivity contribution is -0.158. The Labute approximate surface area is 258 Å². The molecule has 10 heteroatoms. The van der Waals surface area contributed by atoms with Gasteiger partial charge in [0.1, 0.15) is 29.6 Å². The highest BCUT2D eigenvalue weighted by Crippen LogP contribution is 2.24. The van der Waals surface area contributed by atoms with Gasteiger partial charge in [-0.2, -0.15) is 0 Å². The van der Waals surface area contributed by atoms with E-state index >= 15 is 0 Å². The molecule has 0 bridgehead atoms. The number of nitrogens with one attached hydrogen (secondary N) is 2. The first-order valence-corrected chi connectivity index (χ1v) is 14.6. The Bertz CT molecular complexity index is 1380. The summed E-state index contributed by atoms with van der Waals surface area (Å²) in [7, 11) is 0. The Morgan fingerprint density at radius 1 is 1.05 bits per heavy atom. The number of hydrazine groups is 1. The second kappa shape index (κ2) is 16.9.